The summed E-state index contributed by atoms with van der Waals surface area (Å²) >= 11 is 0. The molecule has 0 bridgehead atoms. The zero-order valence-electron chi connectivity index (χ0n) is 14.1. The zero-order chi connectivity index (χ0) is 15.9. The van der Waals surface area contributed by atoms with Crippen molar-refractivity contribution >= 4 is 0 Å². The van der Waals surface area contributed by atoms with E-state index in [2.05, 4.69) is 53.2 Å². The number of nitrogens with zero attached hydrogens (tertiary/aromatic N) is 7. The first-order valence-electron chi connectivity index (χ1n) is 8.14. The van der Waals surface area contributed by atoms with Gasteiger partial charge in [-0.3, -0.25) is 14.3 Å². The van der Waals surface area contributed by atoms with Crippen LogP contribution in [-0.4, -0.2) is 40.9 Å². The van der Waals surface area contributed by atoms with Gasteiger partial charge in [-0.15, -0.1) is 10.2 Å². The van der Waals surface area contributed by atoms with Crippen LogP contribution in [0.15, 0.2) is 12.4 Å². The molecule has 2 rings (SSSR count). The number of aromatic nitrogens is 6. The van der Waals surface area contributed by atoms with Crippen LogP contribution < -0.4 is 0 Å². The van der Waals surface area contributed by atoms with Gasteiger partial charge < -0.3 is 0 Å². The average Bonchev–Trinajstić information content (AvgIpc) is 3.09. The molecular formula is C15H27N7. The Morgan fingerprint density at radius 2 is 1.36 bits per heavy atom. The Kier molecular flexibility index (Phi) is 6.06. The first-order chi connectivity index (χ1) is 10.6. The van der Waals surface area contributed by atoms with E-state index in [9.17, 15) is 0 Å². The van der Waals surface area contributed by atoms with E-state index < -0.39 is 0 Å². The molecule has 0 aliphatic rings. The molecule has 0 unspecified atom stereocenters. The Labute approximate surface area is 132 Å². The predicted molar refractivity (Wildman–Crippen MR) is 85.0 cm³/mol. The van der Waals surface area contributed by atoms with Crippen molar-refractivity contribution in [2.24, 2.45) is 0 Å². The predicted octanol–water partition coefficient (Wildman–Crippen LogP) is 2.10. The SMILES string of the molecule is CCCn1cc(CN(Cc2cn(CCC)nn2)C(C)C)nn1. The van der Waals surface area contributed by atoms with Crippen LogP contribution in [0.25, 0.3) is 0 Å². The summed E-state index contributed by atoms with van der Waals surface area (Å²) in [5, 5.41) is 16.9. The normalized spacial score (nSPS) is 11.7. The van der Waals surface area contributed by atoms with Crippen LogP contribution in [0, 0.1) is 0 Å². The van der Waals surface area contributed by atoms with Gasteiger partial charge in [0.1, 0.15) is 0 Å². The molecule has 0 saturated carbocycles. The monoisotopic (exact) mass is 305 g/mol. The molecule has 0 radical (unpaired) electrons. The second-order valence-electron chi connectivity index (χ2n) is 5.94. The van der Waals surface area contributed by atoms with Crippen LogP contribution in [0.5, 0.6) is 0 Å². The average molecular weight is 305 g/mol. The summed E-state index contributed by atoms with van der Waals surface area (Å²) in [7, 11) is 0. The van der Waals surface area contributed by atoms with E-state index in [0.29, 0.717) is 6.04 Å². The molecule has 7 heteroatoms. The van der Waals surface area contributed by atoms with E-state index in [1.165, 1.54) is 0 Å². The maximum atomic E-state index is 4.26. The highest BCUT2D eigenvalue weighted by Crippen LogP contribution is 2.10. The Hall–Kier alpha value is -1.76. The van der Waals surface area contributed by atoms with Gasteiger partial charge in [0, 0.05) is 44.6 Å². The van der Waals surface area contributed by atoms with E-state index >= 15 is 0 Å². The fraction of sp³-hybridized carbons (Fsp3) is 0.733. The minimum Gasteiger partial charge on any atom is -0.289 e. The van der Waals surface area contributed by atoms with Crippen molar-refractivity contribution in [3.8, 4) is 0 Å². The van der Waals surface area contributed by atoms with Crippen molar-refractivity contribution in [2.45, 2.75) is 72.8 Å². The smallest absolute Gasteiger partial charge is 0.0967 e. The summed E-state index contributed by atoms with van der Waals surface area (Å²) in [6, 6.07) is 0.410. The van der Waals surface area contributed by atoms with Gasteiger partial charge in [0.15, 0.2) is 0 Å². The van der Waals surface area contributed by atoms with Crippen molar-refractivity contribution in [1.29, 1.82) is 0 Å². The summed E-state index contributed by atoms with van der Waals surface area (Å²) in [4.78, 5) is 2.33. The van der Waals surface area contributed by atoms with Gasteiger partial charge in [-0.25, -0.2) is 0 Å². The Balaban J connectivity index is 1.99. The molecule has 2 aromatic rings. The minimum absolute atomic E-state index is 0.410. The molecule has 7 nitrogen and oxygen atoms in total. The lowest BCUT2D eigenvalue weighted by atomic mass is 10.2. The van der Waals surface area contributed by atoms with Gasteiger partial charge >= 0.3 is 0 Å². The largest absolute Gasteiger partial charge is 0.289 e. The molecule has 0 fully saturated rings. The van der Waals surface area contributed by atoms with Crippen molar-refractivity contribution in [1.82, 2.24) is 34.9 Å². The van der Waals surface area contributed by atoms with Crippen molar-refractivity contribution in [3.05, 3.63) is 23.8 Å². The number of aryl methyl sites for hydroxylation is 2. The molecule has 0 aliphatic carbocycles. The van der Waals surface area contributed by atoms with Crippen molar-refractivity contribution in [2.75, 3.05) is 0 Å². The van der Waals surface area contributed by atoms with Crippen LogP contribution in [-0.2, 0) is 26.2 Å². The maximum absolute atomic E-state index is 4.26. The van der Waals surface area contributed by atoms with Crippen molar-refractivity contribution < 1.29 is 0 Å². The molecular weight excluding hydrogens is 278 g/mol. The highest BCUT2D eigenvalue weighted by Gasteiger charge is 2.15. The summed E-state index contributed by atoms with van der Waals surface area (Å²) in [5.74, 6) is 0. The first kappa shape index (κ1) is 16.6. The van der Waals surface area contributed by atoms with Crippen molar-refractivity contribution in [3.63, 3.8) is 0 Å². The lowest BCUT2D eigenvalue weighted by molar-refractivity contribution is 0.198. The van der Waals surface area contributed by atoms with Gasteiger partial charge in [0.25, 0.3) is 0 Å². The maximum Gasteiger partial charge on any atom is 0.0967 e. The second kappa shape index (κ2) is 8.03. The third kappa shape index (κ3) is 4.62. The molecule has 2 aromatic heterocycles. The topological polar surface area (TPSA) is 64.7 Å². The third-order valence-corrected chi connectivity index (χ3v) is 3.54. The quantitative estimate of drug-likeness (QED) is 0.710. The molecule has 22 heavy (non-hydrogen) atoms. The number of hydrogen-bond acceptors (Lipinski definition) is 5. The van der Waals surface area contributed by atoms with E-state index in [4.69, 9.17) is 0 Å². The number of rotatable bonds is 9. The van der Waals surface area contributed by atoms with E-state index in [1.807, 2.05) is 21.8 Å². The second-order valence-corrected chi connectivity index (χ2v) is 5.94. The summed E-state index contributed by atoms with van der Waals surface area (Å²) in [5.41, 5.74) is 2.01. The lowest BCUT2D eigenvalue weighted by Crippen LogP contribution is -2.30. The lowest BCUT2D eigenvalue weighted by Gasteiger charge is -2.24. The number of hydrogen-bond donors (Lipinski definition) is 0. The molecule has 0 aliphatic heterocycles. The molecule has 122 valence electrons. The Morgan fingerprint density at radius 3 is 1.73 bits per heavy atom. The molecule has 0 aromatic carbocycles. The first-order valence-corrected chi connectivity index (χ1v) is 8.14. The molecule has 0 amide bonds. The third-order valence-electron chi connectivity index (χ3n) is 3.54. The summed E-state index contributed by atoms with van der Waals surface area (Å²) in [6.45, 7) is 12.0. The van der Waals surface area contributed by atoms with Crippen LogP contribution in [0.1, 0.15) is 51.9 Å². The fourth-order valence-corrected chi connectivity index (χ4v) is 2.34. The van der Waals surface area contributed by atoms with Crippen LogP contribution in [0.4, 0.5) is 0 Å². The molecule has 2 heterocycles. The van der Waals surface area contributed by atoms with E-state index in [0.717, 1.165) is 50.4 Å². The Morgan fingerprint density at radius 1 is 0.909 bits per heavy atom. The van der Waals surface area contributed by atoms with Gasteiger partial charge in [-0.2, -0.15) is 0 Å². The van der Waals surface area contributed by atoms with Gasteiger partial charge in [0.05, 0.1) is 11.4 Å². The summed E-state index contributed by atoms with van der Waals surface area (Å²) in [6.07, 6.45) is 6.20. The highest BCUT2D eigenvalue weighted by atomic mass is 15.4. The molecule has 0 N–H and O–H groups in total. The van der Waals surface area contributed by atoms with E-state index in [1.54, 1.807) is 0 Å². The molecule has 0 saturated heterocycles. The summed E-state index contributed by atoms with van der Waals surface area (Å²) < 4.78 is 3.82. The molecule has 0 spiro atoms. The Bertz CT molecular complexity index is 511. The fourth-order valence-electron chi connectivity index (χ4n) is 2.34. The van der Waals surface area contributed by atoms with E-state index in [-0.39, 0.29) is 0 Å². The highest BCUT2D eigenvalue weighted by molar-refractivity contribution is 4.97. The van der Waals surface area contributed by atoms with Gasteiger partial charge in [-0.1, -0.05) is 24.3 Å². The standard InChI is InChI=1S/C15H27N7/c1-5-7-21-11-14(16-18-21)9-20(13(3)4)10-15-12-22(8-6-2)19-17-15/h11-13H,5-10H2,1-4H3. The minimum atomic E-state index is 0.410. The zero-order valence-corrected chi connectivity index (χ0v) is 14.1. The van der Waals surface area contributed by atoms with Gasteiger partial charge in [-0.05, 0) is 26.7 Å². The molecule has 0 atom stereocenters. The van der Waals surface area contributed by atoms with Crippen LogP contribution >= 0.6 is 0 Å². The van der Waals surface area contributed by atoms with Crippen LogP contribution in [0.2, 0.25) is 0 Å². The van der Waals surface area contributed by atoms with Crippen LogP contribution in [0.3, 0.4) is 0 Å². The van der Waals surface area contributed by atoms with Gasteiger partial charge in [0.2, 0.25) is 0 Å².